The van der Waals surface area contributed by atoms with Crippen molar-refractivity contribution in [2.45, 2.75) is 39.8 Å². The topological polar surface area (TPSA) is 47.0 Å². The maximum Gasteiger partial charge on any atom is 0.202 e. The molecule has 20 heavy (non-hydrogen) atoms. The first kappa shape index (κ1) is 14.9. The zero-order chi connectivity index (χ0) is 14.2. The monoisotopic (exact) mass is 291 g/mol. The van der Waals surface area contributed by atoms with Gasteiger partial charge in [-0.1, -0.05) is 31.2 Å². The second kappa shape index (κ2) is 7.97. The molecule has 0 saturated heterocycles. The van der Waals surface area contributed by atoms with Crippen molar-refractivity contribution in [1.82, 2.24) is 9.36 Å². The van der Waals surface area contributed by atoms with Crippen LogP contribution in [0.3, 0.4) is 0 Å². The molecule has 4 nitrogen and oxygen atoms in total. The average Bonchev–Trinajstić information content (AvgIpc) is 2.92. The lowest BCUT2D eigenvalue weighted by molar-refractivity contribution is 0.133. The Bertz CT molecular complexity index is 527. The van der Waals surface area contributed by atoms with Crippen molar-refractivity contribution in [2.24, 2.45) is 0 Å². The van der Waals surface area contributed by atoms with Crippen LogP contribution in [0.2, 0.25) is 0 Å². The van der Waals surface area contributed by atoms with Crippen LogP contribution in [0.25, 0.3) is 0 Å². The molecule has 0 bridgehead atoms. The number of benzene rings is 1. The summed E-state index contributed by atoms with van der Waals surface area (Å²) in [6.45, 7) is 6.30. The standard InChI is InChI=1S/C15H21N3OS/c1-3-7-14-17-15(20-18-14)16-10-12-8-5-6-9-13(12)11-19-4-2/h5-6,8-9H,3-4,7,10-11H2,1-2H3,(H,16,17,18). The second-order valence-electron chi connectivity index (χ2n) is 4.53. The third-order valence-corrected chi connectivity index (χ3v) is 3.66. The van der Waals surface area contributed by atoms with Gasteiger partial charge in [0, 0.05) is 31.1 Å². The van der Waals surface area contributed by atoms with Gasteiger partial charge in [0.1, 0.15) is 5.82 Å². The predicted molar refractivity (Wildman–Crippen MR) is 83.0 cm³/mol. The van der Waals surface area contributed by atoms with Crippen LogP contribution in [0.5, 0.6) is 0 Å². The molecule has 0 aliphatic rings. The van der Waals surface area contributed by atoms with E-state index in [4.69, 9.17) is 4.74 Å². The minimum atomic E-state index is 0.658. The van der Waals surface area contributed by atoms with E-state index in [9.17, 15) is 0 Å². The fourth-order valence-corrected chi connectivity index (χ4v) is 2.51. The molecule has 0 saturated carbocycles. The summed E-state index contributed by atoms with van der Waals surface area (Å²) >= 11 is 1.43. The van der Waals surface area contributed by atoms with Crippen LogP contribution in [-0.2, 0) is 24.3 Å². The summed E-state index contributed by atoms with van der Waals surface area (Å²) in [5, 5.41) is 4.23. The summed E-state index contributed by atoms with van der Waals surface area (Å²) in [4.78, 5) is 4.47. The minimum absolute atomic E-state index is 0.658. The average molecular weight is 291 g/mol. The molecule has 0 amide bonds. The van der Waals surface area contributed by atoms with Crippen molar-refractivity contribution in [1.29, 1.82) is 0 Å². The first-order valence-corrected chi connectivity index (χ1v) is 7.81. The Morgan fingerprint density at radius 1 is 1.20 bits per heavy atom. The number of rotatable bonds is 8. The van der Waals surface area contributed by atoms with Crippen LogP contribution >= 0.6 is 11.5 Å². The van der Waals surface area contributed by atoms with Gasteiger partial charge in [-0.25, -0.2) is 4.98 Å². The second-order valence-corrected chi connectivity index (χ2v) is 5.28. The summed E-state index contributed by atoms with van der Waals surface area (Å²) in [7, 11) is 0. The molecule has 1 N–H and O–H groups in total. The highest BCUT2D eigenvalue weighted by atomic mass is 32.1. The molecule has 0 atom stereocenters. The highest BCUT2D eigenvalue weighted by Gasteiger charge is 2.05. The van der Waals surface area contributed by atoms with Gasteiger partial charge in [-0.15, -0.1) is 0 Å². The first-order chi connectivity index (χ1) is 9.83. The number of aromatic nitrogens is 2. The van der Waals surface area contributed by atoms with Gasteiger partial charge in [-0.2, -0.15) is 4.37 Å². The lowest BCUT2D eigenvalue weighted by Crippen LogP contribution is -2.04. The Labute approximate surface area is 124 Å². The summed E-state index contributed by atoms with van der Waals surface area (Å²) < 4.78 is 9.83. The quantitative estimate of drug-likeness (QED) is 0.806. The molecule has 0 aliphatic heterocycles. The zero-order valence-corrected chi connectivity index (χ0v) is 12.9. The molecule has 0 spiro atoms. The van der Waals surface area contributed by atoms with Gasteiger partial charge in [0.25, 0.3) is 0 Å². The fraction of sp³-hybridized carbons (Fsp3) is 0.467. The van der Waals surface area contributed by atoms with Crippen molar-refractivity contribution in [2.75, 3.05) is 11.9 Å². The van der Waals surface area contributed by atoms with Crippen LogP contribution < -0.4 is 5.32 Å². The summed E-state index contributed by atoms with van der Waals surface area (Å²) in [6.07, 6.45) is 2.02. The number of hydrogen-bond acceptors (Lipinski definition) is 5. The van der Waals surface area contributed by atoms with E-state index in [1.54, 1.807) is 0 Å². The Morgan fingerprint density at radius 3 is 2.75 bits per heavy atom. The molecular formula is C15H21N3OS. The van der Waals surface area contributed by atoms with Gasteiger partial charge < -0.3 is 10.1 Å². The van der Waals surface area contributed by atoms with Crippen LogP contribution in [0.4, 0.5) is 5.13 Å². The van der Waals surface area contributed by atoms with E-state index in [0.717, 1.165) is 36.9 Å². The Balaban J connectivity index is 1.95. The molecule has 1 heterocycles. The molecule has 2 aromatic rings. The van der Waals surface area contributed by atoms with Crippen LogP contribution in [0.1, 0.15) is 37.2 Å². The van der Waals surface area contributed by atoms with Crippen molar-refractivity contribution in [3.8, 4) is 0 Å². The molecule has 108 valence electrons. The summed E-state index contributed by atoms with van der Waals surface area (Å²) in [5.41, 5.74) is 2.47. The smallest absolute Gasteiger partial charge is 0.202 e. The normalized spacial score (nSPS) is 10.7. The van der Waals surface area contributed by atoms with Crippen molar-refractivity contribution < 1.29 is 4.74 Å². The zero-order valence-electron chi connectivity index (χ0n) is 12.1. The van der Waals surface area contributed by atoms with E-state index in [2.05, 4.69) is 39.8 Å². The third-order valence-electron chi connectivity index (χ3n) is 2.95. The highest BCUT2D eigenvalue weighted by molar-refractivity contribution is 7.09. The van der Waals surface area contributed by atoms with Crippen molar-refractivity contribution in [3.63, 3.8) is 0 Å². The van der Waals surface area contributed by atoms with Gasteiger partial charge in [0.05, 0.1) is 6.61 Å². The van der Waals surface area contributed by atoms with Gasteiger partial charge in [0.15, 0.2) is 0 Å². The Hall–Kier alpha value is -1.46. The van der Waals surface area contributed by atoms with Gasteiger partial charge in [-0.3, -0.25) is 0 Å². The maximum absolute atomic E-state index is 5.50. The molecule has 0 radical (unpaired) electrons. The summed E-state index contributed by atoms with van der Waals surface area (Å²) in [5.74, 6) is 0.933. The summed E-state index contributed by atoms with van der Waals surface area (Å²) in [6, 6.07) is 8.32. The SMILES string of the molecule is CCCc1nsc(NCc2ccccc2COCC)n1. The van der Waals surface area contributed by atoms with Crippen LogP contribution in [0.15, 0.2) is 24.3 Å². The molecular weight excluding hydrogens is 270 g/mol. The number of nitrogens with zero attached hydrogens (tertiary/aromatic N) is 2. The number of aryl methyl sites for hydroxylation is 1. The molecule has 0 unspecified atom stereocenters. The van der Waals surface area contributed by atoms with Gasteiger partial charge >= 0.3 is 0 Å². The Morgan fingerprint density at radius 2 is 2.00 bits per heavy atom. The van der Waals surface area contributed by atoms with E-state index in [-0.39, 0.29) is 0 Å². The maximum atomic E-state index is 5.50. The lowest BCUT2D eigenvalue weighted by Gasteiger charge is -2.09. The molecule has 2 rings (SSSR count). The largest absolute Gasteiger partial charge is 0.377 e. The number of ether oxygens (including phenoxy) is 1. The number of anilines is 1. The highest BCUT2D eigenvalue weighted by Crippen LogP contribution is 2.16. The first-order valence-electron chi connectivity index (χ1n) is 7.04. The predicted octanol–water partition coefficient (Wildman–Crippen LogP) is 3.64. The molecule has 1 aromatic carbocycles. The Kier molecular flexibility index (Phi) is 5.95. The molecule has 0 fully saturated rings. The lowest BCUT2D eigenvalue weighted by atomic mass is 10.1. The number of nitrogens with one attached hydrogen (secondary N) is 1. The molecule has 0 aliphatic carbocycles. The van der Waals surface area contributed by atoms with Crippen LogP contribution in [0, 0.1) is 0 Å². The molecule has 1 aromatic heterocycles. The van der Waals surface area contributed by atoms with Crippen molar-refractivity contribution >= 4 is 16.7 Å². The van der Waals surface area contributed by atoms with E-state index in [1.807, 2.05) is 13.0 Å². The minimum Gasteiger partial charge on any atom is -0.377 e. The third kappa shape index (κ3) is 4.28. The van der Waals surface area contributed by atoms with Gasteiger partial charge in [-0.05, 0) is 24.5 Å². The fourth-order valence-electron chi connectivity index (χ4n) is 1.90. The number of hydrogen-bond donors (Lipinski definition) is 1. The van der Waals surface area contributed by atoms with Gasteiger partial charge in [0.2, 0.25) is 5.13 Å². The van der Waals surface area contributed by atoms with Crippen LogP contribution in [-0.4, -0.2) is 16.0 Å². The van der Waals surface area contributed by atoms with E-state index in [1.165, 1.54) is 22.7 Å². The van der Waals surface area contributed by atoms with E-state index in [0.29, 0.717) is 6.61 Å². The van der Waals surface area contributed by atoms with E-state index >= 15 is 0 Å². The van der Waals surface area contributed by atoms with E-state index < -0.39 is 0 Å². The van der Waals surface area contributed by atoms with Crippen molar-refractivity contribution in [3.05, 3.63) is 41.2 Å². The molecule has 5 heteroatoms.